The molecule has 11 aromatic rings. The highest BCUT2D eigenvalue weighted by Crippen LogP contribution is 2.63. The van der Waals surface area contributed by atoms with Crippen molar-refractivity contribution in [3.05, 3.63) is 283 Å². The van der Waals surface area contributed by atoms with Gasteiger partial charge in [-0.25, -0.2) is 9.97 Å². The van der Waals surface area contributed by atoms with E-state index in [0.29, 0.717) is 5.82 Å². The summed E-state index contributed by atoms with van der Waals surface area (Å²) in [5, 5.41) is 0. The molecule has 1 aliphatic carbocycles. The Kier molecular flexibility index (Phi) is 9.40. The van der Waals surface area contributed by atoms with Crippen LogP contribution in [-0.4, -0.2) is 9.97 Å². The third-order valence-corrected chi connectivity index (χ3v) is 13.9. The molecular formula is C65H43N3. The molecule has 0 atom stereocenters. The maximum absolute atomic E-state index is 5.12. The first-order valence-corrected chi connectivity index (χ1v) is 23.3. The fourth-order valence-corrected chi connectivity index (χ4v) is 10.8. The predicted molar refractivity (Wildman–Crippen MR) is 280 cm³/mol. The average Bonchev–Trinajstić information content (AvgIpc) is 3.71. The Bertz CT molecular complexity index is 3590. The normalized spacial score (nSPS) is 12.8. The van der Waals surface area contributed by atoms with E-state index in [4.69, 9.17) is 9.97 Å². The standard InChI is InChI=1S/C65H43N3/c1-4-19-44(20-5-1)60-43-61(45-21-6-2-7-22-45)67-64(66-60)52-28-18-27-50(41-52)48-25-16-23-46(39-48)47-24-17-26-49(40-47)51-37-38-55-54-31-10-11-32-56(54)65(59(55)42-51)57-33-12-14-35-62(57)68(53-29-8-3-9-30-53)63-36-15-13-34-58(63)65/h1-43H. The van der Waals surface area contributed by atoms with Gasteiger partial charge < -0.3 is 4.90 Å². The van der Waals surface area contributed by atoms with Crippen LogP contribution < -0.4 is 4.90 Å². The molecule has 3 nitrogen and oxygen atoms in total. The smallest absolute Gasteiger partial charge is 0.160 e. The lowest BCUT2D eigenvalue weighted by Gasteiger charge is -2.45. The van der Waals surface area contributed by atoms with Crippen LogP contribution in [0.15, 0.2) is 261 Å². The molecule has 1 aromatic heterocycles. The first-order valence-electron chi connectivity index (χ1n) is 23.3. The topological polar surface area (TPSA) is 29.0 Å². The SMILES string of the molecule is c1ccc(-c2cc(-c3ccccc3)nc(-c3cccc(-c4cccc(-c5cccc(-c6ccc7c(c6)C6(c8ccccc8-7)c7ccccc7N(c7ccccc7)c7ccccc76)c5)c4)c3)n2)cc1. The Morgan fingerprint density at radius 1 is 0.265 bits per heavy atom. The van der Waals surface area contributed by atoms with Crippen LogP contribution in [0, 0.1) is 0 Å². The fraction of sp³-hybridized carbons (Fsp3) is 0.0154. The highest BCUT2D eigenvalue weighted by molar-refractivity contribution is 5.97. The van der Waals surface area contributed by atoms with Crippen molar-refractivity contribution < 1.29 is 0 Å². The highest BCUT2D eigenvalue weighted by atomic mass is 15.2. The second kappa shape index (κ2) is 16.2. The Hall–Kier alpha value is -8.92. The summed E-state index contributed by atoms with van der Waals surface area (Å²) in [6.45, 7) is 0. The van der Waals surface area contributed by atoms with E-state index in [-0.39, 0.29) is 0 Å². The lowest BCUT2D eigenvalue weighted by Crippen LogP contribution is -2.36. The van der Waals surface area contributed by atoms with Crippen LogP contribution in [0.4, 0.5) is 17.1 Å². The first kappa shape index (κ1) is 39.4. The molecule has 2 heterocycles. The van der Waals surface area contributed by atoms with Crippen LogP contribution >= 0.6 is 0 Å². The van der Waals surface area contributed by atoms with Crippen LogP contribution in [0.1, 0.15) is 22.3 Å². The molecule has 0 N–H and O–H groups in total. The number of benzene rings is 10. The van der Waals surface area contributed by atoms with Gasteiger partial charge in [0.15, 0.2) is 5.82 Å². The molecule has 0 fully saturated rings. The average molecular weight is 866 g/mol. The molecule has 68 heavy (non-hydrogen) atoms. The van der Waals surface area contributed by atoms with Gasteiger partial charge in [-0.05, 0) is 121 Å². The zero-order chi connectivity index (χ0) is 45.0. The molecule has 13 rings (SSSR count). The van der Waals surface area contributed by atoms with E-state index < -0.39 is 5.41 Å². The van der Waals surface area contributed by atoms with Gasteiger partial charge in [0.05, 0.1) is 28.2 Å². The van der Waals surface area contributed by atoms with Crippen molar-refractivity contribution in [2.24, 2.45) is 0 Å². The summed E-state index contributed by atoms with van der Waals surface area (Å²) in [5.41, 5.74) is 22.6. The maximum atomic E-state index is 5.12. The molecule has 3 heteroatoms. The van der Waals surface area contributed by atoms with E-state index in [1.54, 1.807) is 0 Å². The van der Waals surface area contributed by atoms with Crippen LogP contribution in [0.5, 0.6) is 0 Å². The minimum absolute atomic E-state index is 0.516. The largest absolute Gasteiger partial charge is 0.310 e. The van der Waals surface area contributed by atoms with Crippen molar-refractivity contribution in [3.63, 3.8) is 0 Å². The van der Waals surface area contributed by atoms with E-state index in [0.717, 1.165) is 56.0 Å². The van der Waals surface area contributed by atoms with Gasteiger partial charge in [-0.3, -0.25) is 0 Å². The summed E-state index contributed by atoms with van der Waals surface area (Å²) in [7, 11) is 0. The number of fused-ring (bicyclic) bond motifs is 9. The number of nitrogens with zero attached hydrogens (tertiary/aromatic N) is 3. The van der Waals surface area contributed by atoms with Gasteiger partial charge in [0, 0.05) is 22.4 Å². The second-order valence-corrected chi connectivity index (χ2v) is 17.7. The van der Waals surface area contributed by atoms with Gasteiger partial charge in [0.1, 0.15) is 0 Å². The Morgan fingerprint density at radius 2 is 0.662 bits per heavy atom. The van der Waals surface area contributed by atoms with Gasteiger partial charge in [-0.2, -0.15) is 0 Å². The number of hydrogen-bond acceptors (Lipinski definition) is 3. The molecule has 1 aliphatic heterocycles. The minimum Gasteiger partial charge on any atom is -0.310 e. The van der Waals surface area contributed by atoms with Gasteiger partial charge in [0.2, 0.25) is 0 Å². The molecule has 0 bridgehead atoms. The van der Waals surface area contributed by atoms with Gasteiger partial charge in [-0.1, -0.05) is 206 Å². The van der Waals surface area contributed by atoms with Crippen molar-refractivity contribution in [1.82, 2.24) is 9.97 Å². The summed E-state index contributed by atoms with van der Waals surface area (Å²) >= 11 is 0. The van der Waals surface area contributed by atoms with E-state index in [1.165, 1.54) is 55.9 Å². The molecule has 0 amide bonds. The summed E-state index contributed by atoms with van der Waals surface area (Å²) in [6.07, 6.45) is 0. The van der Waals surface area contributed by atoms with E-state index >= 15 is 0 Å². The number of rotatable bonds is 7. The van der Waals surface area contributed by atoms with Crippen molar-refractivity contribution in [3.8, 4) is 78.4 Å². The molecule has 0 radical (unpaired) electrons. The molecule has 2 aliphatic rings. The zero-order valence-electron chi connectivity index (χ0n) is 37.2. The van der Waals surface area contributed by atoms with Crippen LogP contribution in [0.2, 0.25) is 0 Å². The highest BCUT2D eigenvalue weighted by Gasteiger charge is 2.51. The van der Waals surface area contributed by atoms with Crippen LogP contribution in [-0.2, 0) is 5.41 Å². The molecule has 318 valence electrons. The molecule has 0 saturated carbocycles. The summed E-state index contributed by atoms with van der Waals surface area (Å²) in [5.74, 6) is 0.698. The monoisotopic (exact) mass is 865 g/mol. The third-order valence-electron chi connectivity index (χ3n) is 13.9. The van der Waals surface area contributed by atoms with Crippen molar-refractivity contribution in [2.75, 3.05) is 4.90 Å². The number of aromatic nitrogens is 2. The van der Waals surface area contributed by atoms with E-state index in [2.05, 4.69) is 254 Å². The summed E-state index contributed by atoms with van der Waals surface area (Å²) < 4.78 is 0. The Balaban J connectivity index is 0.892. The minimum atomic E-state index is -0.516. The van der Waals surface area contributed by atoms with Gasteiger partial charge in [-0.15, -0.1) is 0 Å². The number of anilines is 3. The summed E-state index contributed by atoms with van der Waals surface area (Å²) in [6, 6.07) is 94.3. The van der Waals surface area contributed by atoms with E-state index in [1.807, 2.05) is 12.1 Å². The molecule has 10 aromatic carbocycles. The lowest BCUT2D eigenvalue weighted by molar-refractivity contribution is 0.753. The first-order chi connectivity index (χ1) is 33.7. The Labute approximate surface area is 397 Å². The summed E-state index contributed by atoms with van der Waals surface area (Å²) in [4.78, 5) is 12.7. The molecule has 1 spiro atoms. The molecule has 0 saturated heterocycles. The van der Waals surface area contributed by atoms with Crippen molar-refractivity contribution >= 4 is 17.1 Å². The van der Waals surface area contributed by atoms with Crippen molar-refractivity contribution in [2.45, 2.75) is 5.41 Å². The third kappa shape index (κ3) is 6.43. The number of para-hydroxylation sites is 3. The maximum Gasteiger partial charge on any atom is 0.160 e. The Morgan fingerprint density at radius 3 is 1.21 bits per heavy atom. The van der Waals surface area contributed by atoms with Crippen molar-refractivity contribution in [1.29, 1.82) is 0 Å². The molecule has 0 unspecified atom stereocenters. The lowest BCUT2D eigenvalue weighted by atomic mass is 9.64. The van der Waals surface area contributed by atoms with E-state index in [9.17, 15) is 0 Å². The predicted octanol–water partition coefficient (Wildman–Crippen LogP) is 16.6. The quantitative estimate of drug-likeness (QED) is 0.160. The number of hydrogen-bond donors (Lipinski definition) is 0. The van der Waals surface area contributed by atoms with Gasteiger partial charge >= 0.3 is 0 Å². The molecular weight excluding hydrogens is 823 g/mol. The van der Waals surface area contributed by atoms with Crippen LogP contribution in [0.3, 0.4) is 0 Å². The van der Waals surface area contributed by atoms with Crippen LogP contribution in [0.25, 0.3) is 78.4 Å². The van der Waals surface area contributed by atoms with Gasteiger partial charge in [0.25, 0.3) is 0 Å². The second-order valence-electron chi connectivity index (χ2n) is 17.7. The fourth-order valence-electron chi connectivity index (χ4n) is 10.8. The zero-order valence-corrected chi connectivity index (χ0v) is 37.2.